The molecule has 0 aliphatic heterocycles. The standard InChI is InChI=1S/C23H27NO2/c1-3-16-26-23-13-12-18-8-4-6-10-20(18)21(23)17-24-15-14-19-9-5-7-11-22(19)25-2/h4-13,24H,3,14-17H2,1-2H3. The molecule has 26 heavy (non-hydrogen) atoms. The smallest absolute Gasteiger partial charge is 0.124 e. The summed E-state index contributed by atoms with van der Waals surface area (Å²) >= 11 is 0. The highest BCUT2D eigenvalue weighted by Crippen LogP contribution is 2.28. The highest BCUT2D eigenvalue weighted by Gasteiger charge is 2.09. The van der Waals surface area contributed by atoms with Crippen LogP contribution in [-0.4, -0.2) is 20.3 Å². The Kier molecular flexibility index (Phi) is 6.50. The lowest BCUT2D eigenvalue weighted by molar-refractivity contribution is 0.314. The topological polar surface area (TPSA) is 30.5 Å². The van der Waals surface area contributed by atoms with E-state index in [1.807, 2.05) is 12.1 Å². The molecule has 0 heterocycles. The van der Waals surface area contributed by atoms with Crippen LogP contribution < -0.4 is 14.8 Å². The van der Waals surface area contributed by atoms with Gasteiger partial charge in [-0.05, 0) is 47.9 Å². The third-order valence-corrected chi connectivity index (χ3v) is 4.52. The first-order valence-electron chi connectivity index (χ1n) is 9.29. The van der Waals surface area contributed by atoms with Gasteiger partial charge in [0.15, 0.2) is 0 Å². The number of hydrogen-bond acceptors (Lipinski definition) is 3. The number of hydrogen-bond donors (Lipinski definition) is 1. The summed E-state index contributed by atoms with van der Waals surface area (Å²) in [5.74, 6) is 1.93. The molecule has 0 saturated carbocycles. The van der Waals surface area contributed by atoms with E-state index in [1.54, 1.807) is 7.11 Å². The van der Waals surface area contributed by atoms with E-state index in [4.69, 9.17) is 9.47 Å². The molecule has 136 valence electrons. The molecule has 0 unspecified atom stereocenters. The number of fused-ring (bicyclic) bond motifs is 1. The lowest BCUT2D eigenvalue weighted by Crippen LogP contribution is -2.18. The van der Waals surface area contributed by atoms with Gasteiger partial charge in [-0.25, -0.2) is 0 Å². The molecule has 3 rings (SSSR count). The Labute approximate surface area is 156 Å². The van der Waals surface area contributed by atoms with Crippen molar-refractivity contribution in [1.29, 1.82) is 0 Å². The second-order valence-electron chi connectivity index (χ2n) is 6.35. The molecular formula is C23H27NO2. The molecule has 3 nitrogen and oxygen atoms in total. The third-order valence-electron chi connectivity index (χ3n) is 4.52. The highest BCUT2D eigenvalue weighted by atomic mass is 16.5. The van der Waals surface area contributed by atoms with Crippen molar-refractivity contribution in [2.45, 2.75) is 26.3 Å². The summed E-state index contributed by atoms with van der Waals surface area (Å²) in [6.45, 7) is 4.55. The van der Waals surface area contributed by atoms with E-state index in [0.29, 0.717) is 0 Å². The second-order valence-corrected chi connectivity index (χ2v) is 6.35. The maximum atomic E-state index is 5.99. The average molecular weight is 349 g/mol. The lowest BCUT2D eigenvalue weighted by atomic mass is 10.0. The van der Waals surface area contributed by atoms with Crippen molar-refractivity contribution in [3.63, 3.8) is 0 Å². The Hall–Kier alpha value is -2.52. The summed E-state index contributed by atoms with van der Waals surface area (Å²) in [7, 11) is 1.72. The zero-order valence-electron chi connectivity index (χ0n) is 15.6. The SMILES string of the molecule is CCCOc1ccc2ccccc2c1CNCCc1ccccc1OC. The van der Waals surface area contributed by atoms with E-state index in [9.17, 15) is 0 Å². The van der Waals surface area contributed by atoms with Crippen LogP contribution in [0.5, 0.6) is 11.5 Å². The van der Waals surface area contributed by atoms with Gasteiger partial charge in [0.1, 0.15) is 11.5 Å². The van der Waals surface area contributed by atoms with Crippen molar-refractivity contribution in [1.82, 2.24) is 5.32 Å². The predicted octanol–water partition coefficient (Wildman–Crippen LogP) is 4.97. The summed E-state index contributed by atoms with van der Waals surface area (Å²) in [4.78, 5) is 0. The fourth-order valence-electron chi connectivity index (χ4n) is 3.19. The highest BCUT2D eigenvalue weighted by molar-refractivity contribution is 5.87. The van der Waals surface area contributed by atoms with Gasteiger partial charge in [0, 0.05) is 12.1 Å². The van der Waals surface area contributed by atoms with Gasteiger partial charge in [0.2, 0.25) is 0 Å². The van der Waals surface area contributed by atoms with E-state index in [0.717, 1.165) is 44.0 Å². The van der Waals surface area contributed by atoms with Crippen molar-refractivity contribution in [2.24, 2.45) is 0 Å². The zero-order chi connectivity index (χ0) is 18.2. The number of methoxy groups -OCH3 is 1. The average Bonchev–Trinajstić information content (AvgIpc) is 2.70. The summed E-state index contributed by atoms with van der Waals surface area (Å²) in [5, 5.41) is 6.08. The Balaban J connectivity index is 1.71. The third kappa shape index (κ3) is 4.36. The first-order chi connectivity index (χ1) is 12.8. The largest absolute Gasteiger partial charge is 0.496 e. The summed E-state index contributed by atoms with van der Waals surface area (Å²) in [5.41, 5.74) is 2.46. The van der Waals surface area contributed by atoms with Gasteiger partial charge in [-0.3, -0.25) is 0 Å². The van der Waals surface area contributed by atoms with Gasteiger partial charge in [-0.15, -0.1) is 0 Å². The minimum absolute atomic E-state index is 0.743. The van der Waals surface area contributed by atoms with Gasteiger partial charge in [0.05, 0.1) is 13.7 Å². The van der Waals surface area contributed by atoms with E-state index in [-0.39, 0.29) is 0 Å². The number of nitrogens with one attached hydrogen (secondary N) is 1. The van der Waals surface area contributed by atoms with E-state index in [1.165, 1.54) is 21.9 Å². The van der Waals surface area contributed by atoms with Crippen molar-refractivity contribution in [3.05, 3.63) is 71.8 Å². The number of para-hydroxylation sites is 1. The van der Waals surface area contributed by atoms with Crippen molar-refractivity contribution >= 4 is 10.8 Å². The molecule has 0 amide bonds. The quantitative estimate of drug-likeness (QED) is 0.553. The fourth-order valence-corrected chi connectivity index (χ4v) is 3.19. The minimum atomic E-state index is 0.743. The maximum absolute atomic E-state index is 5.99. The molecule has 0 saturated heterocycles. The van der Waals surface area contributed by atoms with E-state index in [2.05, 4.69) is 60.8 Å². The summed E-state index contributed by atoms with van der Waals surface area (Å²) < 4.78 is 11.4. The van der Waals surface area contributed by atoms with Crippen LogP contribution in [0.2, 0.25) is 0 Å². The van der Waals surface area contributed by atoms with Crippen LogP contribution in [0, 0.1) is 0 Å². The summed E-state index contributed by atoms with van der Waals surface area (Å²) in [6.07, 6.45) is 1.94. The van der Waals surface area contributed by atoms with Gasteiger partial charge in [-0.2, -0.15) is 0 Å². The van der Waals surface area contributed by atoms with Gasteiger partial charge < -0.3 is 14.8 Å². The second kappa shape index (κ2) is 9.25. The van der Waals surface area contributed by atoms with Gasteiger partial charge in [-0.1, -0.05) is 55.5 Å². The fraction of sp³-hybridized carbons (Fsp3) is 0.304. The lowest BCUT2D eigenvalue weighted by Gasteiger charge is -2.15. The van der Waals surface area contributed by atoms with Gasteiger partial charge in [0.25, 0.3) is 0 Å². The normalized spacial score (nSPS) is 10.8. The summed E-state index contributed by atoms with van der Waals surface area (Å²) in [6, 6.07) is 20.9. The molecule has 0 aromatic heterocycles. The number of benzene rings is 3. The zero-order valence-corrected chi connectivity index (χ0v) is 15.6. The maximum Gasteiger partial charge on any atom is 0.124 e. The Morgan fingerprint density at radius 2 is 1.69 bits per heavy atom. The molecule has 0 spiro atoms. The Bertz CT molecular complexity index is 844. The van der Waals surface area contributed by atoms with Crippen LogP contribution in [0.4, 0.5) is 0 Å². The molecular weight excluding hydrogens is 322 g/mol. The Morgan fingerprint density at radius 1 is 0.885 bits per heavy atom. The van der Waals surface area contributed by atoms with Crippen LogP contribution in [-0.2, 0) is 13.0 Å². The molecule has 0 fully saturated rings. The molecule has 0 aliphatic rings. The molecule has 0 aliphatic carbocycles. The molecule has 0 radical (unpaired) electrons. The molecule has 1 N–H and O–H groups in total. The molecule has 3 aromatic carbocycles. The van der Waals surface area contributed by atoms with Crippen molar-refractivity contribution in [3.8, 4) is 11.5 Å². The van der Waals surface area contributed by atoms with Crippen LogP contribution >= 0.6 is 0 Å². The van der Waals surface area contributed by atoms with Gasteiger partial charge >= 0.3 is 0 Å². The van der Waals surface area contributed by atoms with E-state index >= 15 is 0 Å². The first kappa shape index (κ1) is 18.3. The molecule has 0 atom stereocenters. The first-order valence-corrected chi connectivity index (χ1v) is 9.29. The van der Waals surface area contributed by atoms with Crippen molar-refractivity contribution in [2.75, 3.05) is 20.3 Å². The minimum Gasteiger partial charge on any atom is -0.496 e. The van der Waals surface area contributed by atoms with Crippen LogP contribution in [0.1, 0.15) is 24.5 Å². The van der Waals surface area contributed by atoms with E-state index < -0.39 is 0 Å². The van der Waals surface area contributed by atoms with Crippen LogP contribution in [0.25, 0.3) is 10.8 Å². The van der Waals surface area contributed by atoms with Crippen LogP contribution in [0.3, 0.4) is 0 Å². The molecule has 0 bridgehead atoms. The predicted molar refractivity (Wildman–Crippen MR) is 108 cm³/mol. The number of rotatable bonds is 9. The van der Waals surface area contributed by atoms with Crippen molar-refractivity contribution < 1.29 is 9.47 Å². The monoisotopic (exact) mass is 349 g/mol. The molecule has 3 aromatic rings. The Morgan fingerprint density at radius 3 is 2.54 bits per heavy atom. The van der Waals surface area contributed by atoms with Crippen LogP contribution in [0.15, 0.2) is 60.7 Å². The molecule has 3 heteroatoms. The number of ether oxygens (including phenoxy) is 2.